The number of carbonyl (C=O) groups excluding carboxylic acids is 2. The van der Waals surface area contributed by atoms with Gasteiger partial charge < -0.3 is 10.5 Å². The second kappa shape index (κ2) is 12.6. The number of benzene rings is 3. The van der Waals surface area contributed by atoms with Gasteiger partial charge in [0, 0.05) is 18.7 Å². The molecule has 0 radical (unpaired) electrons. The maximum absolute atomic E-state index is 13.2. The van der Waals surface area contributed by atoms with Crippen LogP contribution in [0.15, 0.2) is 78.9 Å². The first-order chi connectivity index (χ1) is 16.1. The summed E-state index contributed by atoms with van der Waals surface area (Å²) >= 11 is 0. The van der Waals surface area contributed by atoms with Crippen LogP contribution in [0, 0.1) is 0 Å². The zero-order valence-corrected chi connectivity index (χ0v) is 19.2. The highest BCUT2D eigenvalue weighted by Crippen LogP contribution is 2.21. The molecule has 0 fully saturated rings. The van der Waals surface area contributed by atoms with Crippen LogP contribution in [0.25, 0.3) is 0 Å². The van der Waals surface area contributed by atoms with E-state index in [1.54, 1.807) is 18.2 Å². The Morgan fingerprint density at radius 1 is 0.848 bits per heavy atom. The number of hydrogen-bond donors (Lipinski definition) is 1. The summed E-state index contributed by atoms with van der Waals surface area (Å²) in [4.78, 5) is 27.3. The van der Waals surface area contributed by atoms with E-state index >= 15 is 0 Å². The first kappa shape index (κ1) is 24.2. The lowest BCUT2D eigenvalue weighted by molar-refractivity contribution is 0.0920. The number of ether oxygens (including phenoxy) is 1. The number of hydrogen-bond acceptors (Lipinski definition) is 4. The third kappa shape index (κ3) is 7.58. The van der Waals surface area contributed by atoms with Crippen LogP contribution in [-0.2, 0) is 13.1 Å². The minimum atomic E-state index is -0.597. The minimum absolute atomic E-state index is 0.0677. The fraction of sp³-hybridized carbons (Fsp3) is 0.286. The summed E-state index contributed by atoms with van der Waals surface area (Å²) < 4.78 is 5.75. The van der Waals surface area contributed by atoms with Crippen molar-refractivity contribution in [3.05, 3.63) is 101 Å². The van der Waals surface area contributed by atoms with Crippen molar-refractivity contribution in [3.8, 4) is 5.75 Å². The number of nitrogens with two attached hydrogens (primary N) is 1. The molecule has 3 aromatic carbocycles. The van der Waals surface area contributed by atoms with E-state index in [1.807, 2.05) is 36.4 Å². The van der Waals surface area contributed by atoms with Crippen LogP contribution < -0.4 is 10.5 Å². The van der Waals surface area contributed by atoms with Gasteiger partial charge in [-0.15, -0.1) is 0 Å². The normalized spacial score (nSPS) is 10.8. The minimum Gasteiger partial charge on any atom is -0.493 e. The molecule has 0 spiro atoms. The third-order valence-electron chi connectivity index (χ3n) is 5.44. The van der Waals surface area contributed by atoms with Crippen molar-refractivity contribution in [2.24, 2.45) is 5.73 Å². The van der Waals surface area contributed by atoms with Crippen molar-refractivity contribution in [1.29, 1.82) is 0 Å². The summed E-state index contributed by atoms with van der Waals surface area (Å²) in [6, 6.07) is 25.1. The SMILES string of the molecule is CCCCCOc1ccc(C(=O)CN(Cc2ccccc2)Cc2ccccc2)cc1C(N)=O. The van der Waals surface area contributed by atoms with E-state index in [0.29, 0.717) is 31.0 Å². The molecule has 172 valence electrons. The van der Waals surface area contributed by atoms with Crippen LogP contribution in [0.5, 0.6) is 5.75 Å². The van der Waals surface area contributed by atoms with Crippen molar-refractivity contribution in [2.45, 2.75) is 39.3 Å². The lowest BCUT2D eigenvalue weighted by Crippen LogP contribution is -2.29. The number of amides is 1. The third-order valence-corrected chi connectivity index (χ3v) is 5.44. The topological polar surface area (TPSA) is 72.6 Å². The van der Waals surface area contributed by atoms with Gasteiger partial charge in [0.25, 0.3) is 5.91 Å². The summed E-state index contributed by atoms with van der Waals surface area (Å²) in [7, 11) is 0. The highest BCUT2D eigenvalue weighted by molar-refractivity contribution is 6.02. The van der Waals surface area contributed by atoms with Gasteiger partial charge in [0.15, 0.2) is 5.78 Å². The van der Waals surface area contributed by atoms with Crippen LogP contribution in [0.4, 0.5) is 0 Å². The van der Waals surface area contributed by atoms with Crippen LogP contribution in [0.3, 0.4) is 0 Å². The lowest BCUT2D eigenvalue weighted by Gasteiger charge is -2.22. The molecule has 3 aromatic rings. The highest BCUT2D eigenvalue weighted by Gasteiger charge is 2.18. The van der Waals surface area contributed by atoms with E-state index in [2.05, 4.69) is 36.1 Å². The Hall–Kier alpha value is -3.44. The Kier molecular flexibility index (Phi) is 9.21. The van der Waals surface area contributed by atoms with Crippen molar-refractivity contribution < 1.29 is 14.3 Å². The quantitative estimate of drug-likeness (QED) is 0.289. The molecular weight excluding hydrogens is 412 g/mol. The summed E-state index contributed by atoms with van der Waals surface area (Å²) in [5.41, 5.74) is 8.55. The van der Waals surface area contributed by atoms with Crippen LogP contribution >= 0.6 is 0 Å². The molecule has 5 heteroatoms. The monoisotopic (exact) mass is 444 g/mol. The van der Waals surface area contributed by atoms with E-state index < -0.39 is 5.91 Å². The Morgan fingerprint density at radius 3 is 2.00 bits per heavy atom. The lowest BCUT2D eigenvalue weighted by atomic mass is 10.0. The van der Waals surface area contributed by atoms with Crippen molar-refractivity contribution >= 4 is 11.7 Å². The Balaban J connectivity index is 1.75. The number of Topliss-reactive ketones (excluding diaryl/α,β-unsaturated/α-hetero) is 1. The zero-order valence-electron chi connectivity index (χ0n) is 19.2. The first-order valence-electron chi connectivity index (χ1n) is 11.5. The number of carbonyl (C=O) groups is 2. The van der Waals surface area contributed by atoms with Gasteiger partial charge in [0.1, 0.15) is 5.75 Å². The molecule has 5 nitrogen and oxygen atoms in total. The van der Waals surface area contributed by atoms with E-state index in [9.17, 15) is 9.59 Å². The van der Waals surface area contributed by atoms with Gasteiger partial charge in [-0.25, -0.2) is 0 Å². The Bertz CT molecular complexity index is 994. The standard InChI is InChI=1S/C28H32N2O3/c1-2-3-10-17-33-27-16-15-24(18-25(27)28(29)32)26(31)21-30(19-22-11-6-4-7-12-22)20-23-13-8-5-9-14-23/h4-9,11-16,18H,2-3,10,17,19-21H2,1H3,(H2,29,32). The average molecular weight is 445 g/mol. The second-order valence-corrected chi connectivity index (χ2v) is 8.17. The average Bonchev–Trinajstić information content (AvgIpc) is 2.83. The fourth-order valence-electron chi connectivity index (χ4n) is 3.70. The fourth-order valence-corrected chi connectivity index (χ4v) is 3.70. The van der Waals surface area contributed by atoms with E-state index in [1.165, 1.54) is 0 Å². The predicted molar refractivity (Wildman–Crippen MR) is 131 cm³/mol. The summed E-state index contributed by atoms with van der Waals surface area (Å²) in [6.45, 7) is 4.14. The van der Waals surface area contributed by atoms with Crippen LogP contribution in [-0.4, -0.2) is 29.7 Å². The molecule has 3 rings (SSSR count). The van der Waals surface area contributed by atoms with Gasteiger partial charge in [0.2, 0.25) is 0 Å². The van der Waals surface area contributed by atoms with Crippen molar-refractivity contribution in [1.82, 2.24) is 4.90 Å². The second-order valence-electron chi connectivity index (χ2n) is 8.17. The molecule has 0 saturated carbocycles. The molecule has 0 atom stereocenters. The van der Waals surface area contributed by atoms with Gasteiger partial charge in [-0.3, -0.25) is 14.5 Å². The number of unbranched alkanes of at least 4 members (excludes halogenated alkanes) is 2. The van der Waals surface area contributed by atoms with Gasteiger partial charge in [0.05, 0.1) is 18.7 Å². The van der Waals surface area contributed by atoms with Gasteiger partial charge in [-0.05, 0) is 35.7 Å². The maximum atomic E-state index is 13.2. The molecule has 0 bridgehead atoms. The summed E-state index contributed by atoms with van der Waals surface area (Å²) in [6.07, 6.45) is 3.05. The Labute approximate surface area is 196 Å². The van der Waals surface area contributed by atoms with Crippen molar-refractivity contribution in [3.63, 3.8) is 0 Å². The molecule has 33 heavy (non-hydrogen) atoms. The van der Waals surface area contributed by atoms with Gasteiger partial charge in [-0.1, -0.05) is 80.4 Å². The molecular formula is C28H32N2O3. The van der Waals surface area contributed by atoms with E-state index in [4.69, 9.17) is 10.5 Å². The molecule has 0 heterocycles. The molecule has 2 N–H and O–H groups in total. The maximum Gasteiger partial charge on any atom is 0.252 e. The zero-order chi connectivity index (χ0) is 23.5. The predicted octanol–water partition coefficient (Wildman–Crippen LogP) is 5.24. The molecule has 0 unspecified atom stereocenters. The number of ketones is 1. The molecule has 0 aliphatic heterocycles. The summed E-state index contributed by atoms with van der Waals surface area (Å²) in [5.74, 6) is -0.233. The summed E-state index contributed by atoms with van der Waals surface area (Å²) in [5, 5.41) is 0. The molecule has 0 aliphatic carbocycles. The number of primary amides is 1. The van der Waals surface area contributed by atoms with E-state index in [-0.39, 0.29) is 17.9 Å². The molecule has 1 amide bonds. The van der Waals surface area contributed by atoms with Gasteiger partial charge >= 0.3 is 0 Å². The molecule has 0 aliphatic rings. The van der Waals surface area contributed by atoms with Crippen molar-refractivity contribution in [2.75, 3.05) is 13.2 Å². The number of rotatable bonds is 13. The van der Waals surface area contributed by atoms with Crippen LogP contribution in [0.2, 0.25) is 0 Å². The van der Waals surface area contributed by atoms with E-state index in [0.717, 1.165) is 30.4 Å². The highest BCUT2D eigenvalue weighted by atomic mass is 16.5. The first-order valence-corrected chi connectivity index (χ1v) is 11.5. The molecule has 0 saturated heterocycles. The van der Waals surface area contributed by atoms with Crippen LogP contribution in [0.1, 0.15) is 58.0 Å². The van der Waals surface area contributed by atoms with Gasteiger partial charge in [-0.2, -0.15) is 0 Å². The molecule has 0 aromatic heterocycles. The number of nitrogens with zero attached hydrogens (tertiary/aromatic N) is 1. The Morgan fingerprint density at radius 2 is 1.45 bits per heavy atom. The largest absolute Gasteiger partial charge is 0.493 e. The smallest absolute Gasteiger partial charge is 0.252 e.